The van der Waals surface area contributed by atoms with Gasteiger partial charge in [-0.2, -0.15) is 0 Å². The van der Waals surface area contributed by atoms with E-state index in [2.05, 4.69) is 21.2 Å². The van der Waals surface area contributed by atoms with E-state index in [1.807, 2.05) is 0 Å². The van der Waals surface area contributed by atoms with Crippen LogP contribution in [0.15, 0.2) is 16.6 Å². The van der Waals surface area contributed by atoms with Gasteiger partial charge in [-0.15, -0.1) is 0 Å². The number of nitrogens with one attached hydrogen (secondary N) is 1. The molecule has 100 valence electrons. The maximum Gasteiger partial charge on any atom is 0.150 e. The first-order chi connectivity index (χ1) is 8.60. The molecule has 0 aliphatic heterocycles. The first kappa shape index (κ1) is 13.7. The van der Waals surface area contributed by atoms with E-state index in [0.717, 1.165) is 25.7 Å². The van der Waals surface area contributed by atoms with E-state index in [-0.39, 0.29) is 17.8 Å². The SMILES string of the molecule is COC1CCC(Nc2c(F)cc(Br)cc2F)CC1. The van der Waals surface area contributed by atoms with Crippen LogP contribution < -0.4 is 5.32 Å². The van der Waals surface area contributed by atoms with Crippen LogP contribution in [0.2, 0.25) is 0 Å². The third kappa shape index (κ3) is 3.20. The Morgan fingerprint density at radius 3 is 2.22 bits per heavy atom. The molecule has 2 nitrogen and oxygen atoms in total. The molecule has 0 saturated heterocycles. The fourth-order valence-electron chi connectivity index (χ4n) is 2.33. The van der Waals surface area contributed by atoms with Crippen LogP contribution in [0, 0.1) is 11.6 Å². The average Bonchev–Trinajstić information content (AvgIpc) is 2.34. The monoisotopic (exact) mass is 319 g/mol. The lowest BCUT2D eigenvalue weighted by Crippen LogP contribution is -2.29. The molecule has 0 radical (unpaired) electrons. The van der Waals surface area contributed by atoms with Gasteiger partial charge in [0.1, 0.15) is 17.3 Å². The van der Waals surface area contributed by atoms with Crippen LogP contribution in [0.3, 0.4) is 0 Å². The number of hydrogen-bond donors (Lipinski definition) is 1. The summed E-state index contributed by atoms with van der Waals surface area (Å²) in [5, 5.41) is 2.96. The molecule has 0 bridgehead atoms. The van der Waals surface area contributed by atoms with Gasteiger partial charge in [0.25, 0.3) is 0 Å². The van der Waals surface area contributed by atoms with Crippen molar-refractivity contribution in [3.05, 3.63) is 28.2 Å². The Balaban J connectivity index is 2.02. The fraction of sp³-hybridized carbons (Fsp3) is 0.538. The summed E-state index contributed by atoms with van der Waals surface area (Å²) in [6, 6.07) is 2.65. The van der Waals surface area contributed by atoms with Crippen LogP contribution >= 0.6 is 15.9 Å². The van der Waals surface area contributed by atoms with Crippen LogP contribution in [0.5, 0.6) is 0 Å². The molecule has 1 N–H and O–H groups in total. The molecule has 1 aliphatic rings. The van der Waals surface area contributed by atoms with E-state index < -0.39 is 11.6 Å². The van der Waals surface area contributed by atoms with E-state index in [0.29, 0.717) is 4.47 Å². The van der Waals surface area contributed by atoms with Crippen molar-refractivity contribution in [2.45, 2.75) is 37.8 Å². The number of hydrogen-bond acceptors (Lipinski definition) is 2. The molecule has 0 heterocycles. The molecule has 18 heavy (non-hydrogen) atoms. The van der Waals surface area contributed by atoms with E-state index >= 15 is 0 Å². The Labute approximate surface area is 114 Å². The van der Waals surface area contributed by atoms with Gasteiger partial charge in [0.2, 0.25) is 0 Å². The maximum atomic E-state index is 13.7. The lowest BCUT2D eigenvalue weighted by Gasteiger charge is -2.29. The second-order valence-corrected chi connectivity index (χ2v) is 5.51. The Hall–Kier alpha value is -0.680. The smallest absolute Gasteiger partial charge is 0.150 e. The van der Waals surface area contributed by atoms with Crippen molar-refractivity contribution < 1.29 is 13.5 Å². The van der Waals surface area contributed by atoms with Crippen LogP contribution in [0.4, 0.5) is 14.5 Å². The molecule has 5 heteroatoms. The van der Waals surface area contributed by atoms with Crippen molar-refractivity contribution in [3.8, 4) is 0 Å². The predicted molar refractivity (Wildman–Crippen MR) is 70.7 cm³/mol. The lowest BCUT2D eigenvalue weighted by molar-refractivity contribution is 0.0681. The molecular weight excluding hydrogens is 304 g/mol. The van der Waals surface area contributed by atoms with Gasteiger partial charge in [0.05, 0.1) is 6.10 Å². The largest absolute Gasteiger partial charge is 0.381 e. The summed E-state index contributed by atoms with van der Waals surface area (Å²) in [6.45, 7) is 0. The highest BCUT2D eigenvalue weighted by Crippen LogP contribution is 2.28. The second-order valence-electron chi connectivity index (χ2n) is 4.60. The minimum Gasteiger partial charge on any atom is -0.381 e. The van der Waals surface area contributed by atoms with Crippen molar-refractivity contribution in [2.75, 3.05) is 12.4 Å². The molecule has 0 spiro atoms. The molecule has 1 aromatic carbocycles. The highest BCUT2D eigenvalue weighted by Gasteiger charge is 2.22. The molecule has 0 atom stereocenters. The van der Waals surface area contributed by atoms with Crippen LogP contribution in [0.25, 0.3) is 0 Å². The standard InChI is InChI=1S/C13H16BrF2NO/c1-18-10-4-2-9(3-5-10)17-13-11(15)6-8(14)7-12(13)16/h6-7,9-10,17H,2-5H2,1H3. The Kier molecular flexibility index (Phi) is 4.56. The molecule has 0 aromatic heterocycles. The highest BCUT2D eigenvalue weighted by molar-refractivity contribution is 9.10. The van der Waals surface area contributed by atoms with E-state index in [1.165, 1.54) is 12.1 Å². The van der Waals surface area contributed by atoms with Gasteiger partial charge in [-0.3, -0.25) is 0 Å². The van der Waals surface area contributed by atoms with Gasteiger partial charge in [-0.05, 0) is 37.8 Å². The number of halogens is 3. The molecular formula is C13H16BrF2NO. The molecule has 2 rings (SSSR count). The van der Waals surface area contributed by atoms with Crippen molar-refractivity contribution in [2.24, 2.45) is 0 Å². The normalized spacial score (nSPS) is 24.0. The Morgan fingerprint density at radius 1 is 1.17 bits per heavy atom. The molecule has 0 amide bonds. The predicted octanol–water partition coefficient (Wildman–Crippen LogP) is 4.10. The third-order valence-electron chi connectivity index (χ3n) is 3.36. The third-order valence-corrected chi connectivity index (χ3v) is 3.82. The lowest BCUT2D eigenvalue weighted by atomic mass is 9.93. The molecule has 1 aliphatic carbocycles. The summed E-state index contributed by atoms with van der Waals surface area (Å²) in [5.74, 6) is -1.12. The topological polar surface area (TPSA) is 21.3 Å². The van der Waals surface area contributed by atoms with Crippen LogP contribution in [-0.2, 0) is 4.74 Å². The maximum absolute atomic E-state index is 13.7. The summed E-state index contributed by atoms with van der Waals surface area (Å²) < 4.78 is 33.0. The fourth-order valence-corrected chi connectivity index (χ4v) is 2.73. The Morgan fingerprint density at radius 2 is 1.72 bits per heavy atom. The van der Waals surface area contributed by atoms with Crippen LogP contribution in [0.1, 0.15) is 25.7 Å². The van der Waals surface area contributed by atoms with Gasteiger partial charge in [0.15, 0.2) is 0 Å². The van der Waals surface area contributed by atoms with Gasteiger partial charge in [0, 0.05) is 17.6 Å². The zero-order chi connectivity index (χ0) is 13.1. The number of methoxy groups -OCH3 is 1. The molecule has 0 unspecified atom stereocenters. The molecule has 1 aromatic rings. The van der Waals surface area contributed by atoms with Crippen molar-refractivity contribution in [1.29, 1.82) is 0 Å². The second kappa shape index (κ2) is 5.97. The first-order valence-corrected chi connectivity index (χ1v) is 6.83. The Bertz CT molecular complexity index is 396. The number of ether oxygens (including phenoxy) is 1. The summed E-state index contributed by atoms with van der Waals surface area (Å²) in [4.78, 5) is 0. The van der Waals surface area contributed by atoms with Crippen molar-refractivity contribution in [3.63, 3.8) is 0 Å². The first-order valence-electron chi connectivity index (χ1n) is 6.04. The van der Waals surface area contributed by atoms with Crippen molar-refractivity contribution >= 4 is 21.6 Å². The van der Waals surface area contributed by atoms with E-state index in [4.69, 9.17) is 4.74 Å². The average molecular weight is 320 g/mol. The minimum absolute atomic E-state index is 0.0286. The summed E-state index contributed by atoms with van der Waals surface area (Å²) in [7, 11) is 1.70. The van der Waals surface area contributed by atoms with Crippen LogP contribution in [-0.4, -0.2) is 19.3 Å². The van der Waals surface area contributed by atoms with Gasteiger partial charge < -0.3 is 10.1 Å². The highest BCUT2D eigenvalue weighted by atomic mass is 79.9. The minimum atomic E-state index is -0.560. The summed E-state index contributed by atoms with van der Waals surface area (Å²) in [6.07, 6.45) is 3.87. The van der Waals surface area contributed by atoms with Gasteiger partial charge in [-0.25, -0.2) is 8.78 Å². The van der Waals surface area contributed by atoms with E-state index in [9.17, 15) is 8.78 Å². The number of benzene rings is 1. The molecule has 1 saturated carbocycles. The zero-order valence-electron chi connectivity index (χ0n) is 10.2. The number of anilines is 1. The molecule has 1 fully saturated rings. The van der Waals surface area contributed by atoms with E-state index in [1.54, 1.807) is 7.11 Å². The van der Waals surface area contributed by atoms with Gasteiger partial charge in [-0.1, -0.05) is 15.9 Å². The zero-order valence-corrected chi connectivity index (χ0v) is 11.8. The van der Waals surface area contributed by atoms with Gasteiger partial charge >= 0.3 is 0 Å². The number of rotatable bonds is 3. The summed E-state index contributed by atoms with van der Waals surface area (Å²) in [5.41, 5.74) is -0.0286. The summed E-state index contributed by atoms with van der Waals surface area (Å²) >= 11 is 3.07. The quantitative estimate of drug-likeness (QED) is 0.905. The van der Waals surface area contributed by atoms with Crippen molar-refractivity contribution in [1.82, 2.24) is 0 Å².